The van der Waals surface area contributed by atoms with Crippen LogP contribution in [-0.4, -0.2) is 25.5 Å². The lowest BCUT2D eigenvalue weighted by Crippen LogP contribution is -2.36. The molecule has 0 aromatic heterocycles. The van der Waals surface area contributed by atoms with Crippen LogP contribution < -0.4 is 10.6 Å². The zero-order valence-corrected chi connectivity index (χ0v) is 15.1. The van der Waals surface area contributed by atoms with Crippen LogP contribution in [0.15, 0.2) is 0 Å². The van der Waals surface area contributed by atoms with E-state index in [-0.39, 0.29) is 18.3 Å². The van der Waals surface area contributed by atoms with E-state index in [2.05, 4.69) is 17.6 Å². The Balaban J connectivity index is 0.00000242. The van der Waals surface area contributed by atoms with E-state index in [0.717, 1.165) is 44.2 Å². The van der Waals surface area contributed by atoms with Gasteiger partial charge >= 0.3 is 0 Å². The molecule has 2 N–H and O–H groups in total. The van der Waals surface area contributed by atoms with Gasteiger partial charge in [0.2, 0.25) is 5.91 Å². The van der Waals surface area contributed by atoms with Gasteiger partial charge in [-0.05, 0) is 57.0 Å². The minimum Gasteiger partial charge on any atom is -0.356 e. The lowest BCUT2D eigenvalue weighted by Gasteiger charge is -2.26. The molecule has 0 spiro atoms. The number of amides is 1. The fourth-order valence-corrected chi connectivity index (χ4v) is 4.00. The molecular weight excluding hydrogens is 296 g/mol. The van der Waals surface area contributed by atoms with E-state index < -0.39 is 0 Å². The summed E-state index contributed by atoms with van der Waals surface area (Å²) in [6.45, 7) is 5.34. The van der Waals surface area contributed by atoms with Gasteiger partial charge in [0.1, 0.15) is 0 Å². The van der Waals surface area contributed by atoms with Crippen LogP contribution in [-0.2, 0) is 4.79 Å². The first-order valence-electron chi connectivity index (χ1n) is 9.28. The highest BCUT2D eigenvalue weighted by atomic mass is 35.5. The largest absolute Gasteiger partial charge is 0.356 e. The Hall–Kier alpha value is -0.280. The first-order chi connectivity index (χ1) is 10.3. The van der Waals surface area contributed by atoms with Gasteiger partial charge in [-0.25, -0.2) is 0 Å². The van der Waals surface area contributed by atoms with Gasteiger partial charge in [0.15, 0.2) is 0 Å². The van der Waals surface area contributed by atoms with Crippen molar-refractivity contribution in [3.63, 3.8) is 0 Å². The second-order valence-electron chi connectivity index (χ2n) is 7.14. The number of hydrogen-bond donors (Lipinski definition) is 2. The SMILES string of the molecule is CCC(CC1CCCCC1)C(=O)NCCC1CCCNC1.Cl. The Morgan fingerprint density at radius 3 is 2.50 bits per heavy atom. The van der Waals surface area contributed by atoms with Gasteiger partial charge in [-0.2, -0.15) is 0 Å². The molecule has 0 bridgehead atoms. The molecule has 1 aliphatic carbocycles. The van der Waals surface area contributed by atoms with Crippen LogP contribution in [0.3, 0.4) is 0 Å². The maximum atomic E-state index is 12.4. The third-order valence-electron chi connectivity index (χ3n) is 5.46. The molecule has 2 fully saturated rings. The second kappa shape index (κ2) is 11.3. The Morgan fingerprint density at radius 1 is 1.14 bits per heavy atom. The Labute approximate surface area is 142 Å². The number of hydrogen-bond acceptors (Lipinski definition) is 2. The Kier molecular flexibility index (Phi) is 10.1. The minimum atomic E-state index is 0. The van der Waals surface area contributed by atoms with Gasteiger partial charge in [0.25, 0.3) is 0 Å². The molecule has 2 atom stereocenters. The fraction of sp³-hybridized carbons (Fsp3) is 0.944. The van der Waals surface area contributed by atoms with E-state index in [9.17, 15) is 4.79 Å². The van der Waals surface area contributed by atoms with E-state index >= 15 is 0 Å². The first kappa shape index (κ1) is 19.8. The third-order valence-corrected chi connectivity index (χ3v) is 5.46. The molecule has 0 aromatic carbocycles. The van der Waals surface area contributed by atoms with E-state index in [1.165, 1.54) is 51.5 Å². The second-order valence-corrected chi connectivity index (χ2v) is 7.14. The van der Waals surface area contributed by atoms with Gasteiger partial charge < -0.3 is 10.6 Å². The van der Waals surface area contributed by atoms with Gasteiger partial charge in [0.05, 0.1) is 0 Å². The zero-order chi connectivity index (χ0) is 14.9. The lowest BCUT2D eigenvalue weighted by atomic mass is 9.82. The van der Waals surface area contributed by atoms with Crippen LogP contribution in [0.1, 0.15) is 71.1 Å². The van der Waals surface area contributed by atoms with E-state index in [0.29, 0.717) is 5.91 Å². The maximum absolute atomic E-state index is 12.4. The molecule has 2 rings (SSSR count). The molecule has 1 aliphatic heterocycles. The molecule has 1 amide bonds. The van der Waals surface area contributed by atoms with Crippen molar-refractivity contribution in [3.8, 4) is 0 Å². The summed E-state index contributed by atoms with van der Waals surface area (Å²) in [5, 5.41) is 6.65. The highest BCUT2D eigenvalue weighted by Crippen LogP contribution is 2.30. The number of halogens is 1. The number of carbonyl (C=O) groups is 1. The molecule has 3 nitrogen and oxygen atoms in total. The van der Waals surface area contributed by atoms with Crippen LogP contribution in [0.5, 0.6) is 0 Å². The van der Waals surface area contributed by atoms with Crippen molar-refractivity contribution >= 4 is 18.3 Å². The van der Waals surface area contributed by atoms with E-state index in [4.69, 9.17) is 0 Å². The molecule has 2 aliphatic rings. The van der Waals surface area contributed by atoms with Crippen LogP contribution in [0.25, 0.3) is 0 Å². The van der Waals surface area contributed by atoms with Crippen LogP contribution in [0.2, 0.25) is 0 Å². The van der Waals surface area contributed by atoms with Crippen molar-refractivity contribution in [1.29, 1.82) is 0 Å². The fourth-order valence-electron chi connectivity index (χ4n) is 4.00. The molecule has 4 heteroatoms. The molecule has 1 heterocycles. The number of nitrogens with one attached hydrogen (secondary N) is 2. The predicted molar refractivity (Wildman–Crippen MR) is 95.4 cm³/mol. The molecule has 22 heavy (non-hydrogen) atoms. The topological polar surface area (TPSA) is 41.1 Å². The molecule has 1 saturated carbocycles. The Morgan fingerprint density at radius 2 is 1.86 bits per heavy atom. The molecule has 0 radical (unpaired) electrons. The van der Waals surface area contributed by atoms with Crippen molar-refractivity contribution < 1.29 is 4.79 Å². The summed E-state index contributed by atoms with van der Waals surface area (Å²) in [6, 6.07) is 0. The van der Waals surface area contributed by atoms with Crippen molar-refractivity contribution in [2.45, 2.75) is 71.1 Å². The van der Waals surface area contributed by atoms with Crippen LogP contribution in [0.4, 0.5) is 0 Å². The average molecular weight is 331 g/mol. The summed E-state index contributed by atoms with van der Waals surface area (Å²) in [4.78, 5) is 12.4. The lowest BCUT2D eigenvalue weighted by molar-refractivity contribution is -0.125. The highest BCUT2D eigenvalue weighted by molar-refractivity contribution is 5.85. The smallest absolute Gasteiger partial charge is 0.223 e. The number of rotatable bonds is 7. The first-order valence-corrected chi connectivity index (χ1v) is 9.28. The summed E-state index contributed by atoms with van der Waals surface area (Å²) in [7, 11) is 0. The monoisotopic (exact) mass is 330 g/mol. The summed E-state index contributed by atoms with van der Waals surface area (Å²) in [5.41, 5.74) is 0. The quantitative estimate of drug-likeness (QED) is 0.743. The zero-order valence-electron chi connectivity index (χ0n) is 14.2. The van der Waals surface area contributed by atoms with Crippen LogP contribution >= 0.6 is 12.4 Å². The van der Waals surface area contributed by atoms with Crippen molar-refractivity contribution in [2.24, 2.45) is 17.8 Å². The Bertz CT molecular complexity index is 299. The van der Waals surface area contributed by atoms with Gasteiger partial charge in [-0.3, -0.25) is 4.79 Å². The predicted octanol–water partition coefficient (Wildman–Crippen LogP) is 3.91. The molecular formula is C18H35ClN2O. The maximum Gasteiger partial charge on any atom is 0.223 e. The van der Waals surface area contributed by atoms with E-state index in [1.807, 2.05) is 0 Å². The standard InChI is InChI=1S/C18H34N2O.ClH/c1-2-17(13-15-7-4-3-5-8-15)18(21)20-12-10-16-9-6-11-19-14-16;/h15-17,19H,2-14H2,1H3,(H,20,21);1H. The number of piperidine rings is 1. The summed E-state index contributed by atoms with van der Waals surface area (Å²) in [5.74, 6) is 2.12. The summed E-state index contributed by atoms with van der Waals surface area (Å²) < 4.78 is 0. The molecule has 1 saturated heterocycles. The van der Waals surface area contributed by atoms with Crippen molar-refractivity contribution in [1.82, 2.24) is 10.6 Å². The molecule has 0 aromatic rings. The summed E-state index contributed by atoms with van der Waals surface area (Å²) in [6.07, 6.45) is 12.7. The number of carbonyl (C=O) groups excluding carboxylic acids is 1. The van der Waals surface area contributed by atoms with Gasteiger partial charge in [-0.15, -0.1) is 12.4 Å². The normalized spacial score (nSPS) is 24.3. The summed E-state index contributed by atoms with van der Waals surface area (Å²) >= 11 is 0. The van der Waals surface area contributed by atoms with Gasteiger partial charge in [-0.1, -0.05) is 39.0 Å². The van der Waals surface area contributed by atoms with E-state index in [1.54, 1.807) is 0 Å². The average Bonchev–Trinajstić information content (AvgIpc) is 2.54. The highest BCUT2D eigenvalue weighted by Gasteiger charge is 2.23. The van der Waals surface area contributed by atoms with Gasteiger partial charge in [0, 0.05) is 12.5 Å². The van der Waals surface area contributed by atoms with Crippen LogP contribution in [0, 0.1) is 17.8 Å². The third kappa shape index (κ3) is 6.87. The van der Waals surface area contributed by atoms with Crippen molar-refractivity contribution in [3.05, 3.63) is 0 Å². The minimum absolute atomic E-state index is 0. The molecule has 130 valence electrons. The molecule has 2 unspecified atom stereocenters. The van der Waals surface area contributed by atoms with Crippen molar-refractivity contribution in [2.75, 3.05) is 19.6 Å².